The molecule has 0 unspecified atom stereocenters. The Labute approximate surface area is 147 Å². The summed E-state index contributed by atoms with van der Waals surface area (Å²) >= 11 is 0. The number of carbonyl (C=O) groups is 1. The third-order valence-corrected chi connectivity index (χ3v) is 5.64. The molecule has 1 atom stereocenters. The summed E-state index contributed by atoms with van der Waals surface area (Å²) < 4.78 is 0. The van der Waals surface area contributed by atoms with Crippen LogP contribution < -0.4 is 0 Å². The van der Waals surface area contributed by atoms with Crippen LogP contribution in [0.1, 0.15) is 41.3 Å². The van der Waals surface area contributed by atoms with Gasteiger partial charge in [0.1, 0.15) is 0 Å². The second-order valence-corrected chi connectivity index (χ2v) is 7.43. The van der Waals surface area contributed by atoms with Crippen molar-refractivity contribution in [1.82, 2.24) is 9.88 Å². The van der Waals surface area contributed by atoms with Gasteiger partial charge in [-0.25, -0.2) is 0 Å². The average molecular weight is 330 g/mol. The van der Waals surface area contributed by atoms with Crippen LogP contribution in [0.3, 0.4) is 0 Å². The summed E-state index contributed by atoms with van der Waals surface area (Å²) in [6, 6.07) is 17.1. The summed E-state index contributed by atoms with van der Waals surface area (Å²) in [7, 11) is 0. The number of aromatic nitrogens is 1. The molecule has 0 spiro atoms. The number of rotatable bonds is 2. The number of hydrogen-bond donors (Lipinski definition) is 1. The van der Waals surface area contributed by atoms with Crippen molar-refractivity contribution >= 4 is 16.8 Å². The van der Waals surface area contributed by atoms with E-state index in [1.54, 1.807) is 0 Å². The van der Waals surface area contributed by atoms with Crippen molar-refractivity contribution < 1.29 is 4.79 Å². The van der Waals surface area contributed by atoms with Crippen LogP contribution in [0.5, 0.6) is 0 Å². The van der Waals surface area contributed by atoms with Crippen molar-refractivity contribution in [3.05, 3.63) is 70.9 Å². The van der Waals surface area contributed by atoms with E-state index < -0.39 is 0 Å². The van der Waals surface area contributed by atoms with E-state index >= 15 is 0 Å². The molecule has 0 bridgehead atoms. The Morgan fingerprint density at radius 3 is 2.60 bits per heavy atom. The third kappa shape index (κ3) is 2.38. The lowest BCUT2D eigenvalue weighted by atomic mass is 9.91. The summed E-state index contributed by atoms with van der Waals surface area (Å²) in [5.74, 6) is 0.578. The predicted octanol–water partition coefficient (Wildman–Crippen LogP) is 4.36. The number of fused-ring (bicyclic) bond motifs is 3. The van der Waals surface area contributed by atoms with Crippen molar-refractivity contribution in [2.75, 3.05) is 6.54 Å². The zero-order valence-corrected chi connectivity index (χ0v) is 14.5. The molecule has 1 fully saturated rings. The van der Waals surface area contributed by atoms with Gasteiger partial charge in [-0.1, -0.05) is 48.0 Å². The van der Waals surface area contributed by atoms with Crippen LogP contribution in [0, 0.1) is 12.8 Å². The van der Waals surface area contributed by atoms with Crippen LogP contribution in [0.2, 0.25) is 0 Å². The van der Waals surface area contributed by atoms with Crippen LogP contribution in [0.15, 0.2) is 48.5 Å². The Morgan fingerprint density at radius 2 is 1.84 bits per heavy atom. The van der Waals surface area contributed by atoms with E-state index in [0.29, 0.717) is 5.91 Å². The zero-order valence-electron chi connectivity index (χ0n) is 14.5. The highest BCUT2D eigenvalue weighted by Gasteiger charge is 2.40. The highest BCUT2D eigenvalue weighted by molar-refractivity contribution is 5.87. The molecule has 1 saturated carbocycles. The van der Waals surface area contributed by atoms with Gasteiger partial charge >= 0.3 is 0 Å². The maximum absolute atomic E-state index is 12.9. The fraction of sp³-hybridized carbons (Fsp3) is 0.318. The van der Waals surface area contributed by atoms with E-state index in [1.165, 1.54) is 33.3 Å². The Hall–Kier alpha value is -2.55. The van der Waals surface area contributed by atoms with Crippen molar-refractivity contribution in [3.63, 3.8) is 0 Å². The second-order valence-electron chi connectivity index (χ2n) is 7.43. The minimum absolute atomic E-state index is 0.00449. The molecule has 1 aromatic heterocycles. The first-order valence-electron chi connectivity index (χ1n) is 9.19. The molecule has 0 radical (unpaired) electrons. The highest BCUT2D eigenvalue weighted by Crippen LogP contribution is 2.41. The summed E-state index contributed by atoms with van der Waals surface area (Å²) in [6.07, 6.45) is 3.03. The smallest absolute Gasteiger partial charge is 0.226 e. The molecular weight excluding hydrogens is 308 g/mol. The van der Waals surface area contributed by atoms with E-state index in [2.05, 4.69) is 65.3 Å². The SMILES string of the molecule is Cc1ccc([C@H]2c3[nH]c4ccccc4c3CCN2C(=O)C2CC2)cc1. The molecule has 1 amide bonds. The van der Waals surface area contributed by atoms with Crippen LogP contribution in [0.25, 0.3) is 10.9 Å². The first kappa shape index (κ1) is 14.8. The molecule has 3 aromatic rings. The van der Waals surface area contributed by atoms with E-state index in [0.717, 1.165) is 25.8 Å². The molecule has 2 aliphatic rings. The monoisotopic (exact) mass is 330 g/mol. The van der Waals surface area contributed by atoms with Gasteiger partial charge in [-0.15, -0.1) is 0 Å². The quantitative estimate of drug-likeness (QED) is 0.744. The van der Waals surface area contributed by atoms with E-state index in [1.807, 2.05) is 0 Å². The van der Waals surface area contributed by atoms with E-state index in [-0.39, 0.29) is 12.0 Å². The molecule has 2 aromatic carbocycles. The first-order valence-corrected chi connectivity index (χ1v) is 9.19. The van der Waals surface area contributed by atoms with Gasteiger partial charge in [0.25, 0.3) is 0 Å². The molecule has 1 aliphatic heterocycles. The molecule has 126 valence electrons. The third-order valence-electron chi connectivity index (χ3n) is 5.64. The predicted molar refractivity (Wildman–Crippen MR) is 99.5 cm³/mol. The van der Waals surface area contributed by atoms with Gasteiger partial charge in [-0.05, 0) is 43.4 Å². The number of aryl methyl sites for hydroxylation is 1. The van der Waals surface area contributed by atoms with Gasteiger partial charge in [-0.2, -0.15) is 0 Å². The maximum atomic E-state index is 12.9. The van der Waals surface area contributed by atoms with Gasteiger partial charge in [0.15, 0.2) is 0 Å². The van der Waals surface area contributed by atoms with E-state index in [9.17, 15) is 4.79 Å². The lowest BCUT2D eigenvalue weighted by Crippen LogP contribution is -2.41. The normalized spacial score (nSPS) is 19.9. The minimum atomic E-state index is 0.00449. The second kappa shape index (κ2) is 5.48. The number of nitrogens with one attached hydrogen (secondary N) is 1. The standard InChI is InChI=1S/C22H22N2O/c1-14-6-8-15(9-7-14)21-20-18(17-4-2-3-5-19(17)23-20)12-13-24(21)22(25)16-10-11-16/h2-9,16,21,23H,10-13H2,1H3/t21-/m0/s1. The van der Waals surface area contributed by atoms with Crippen LogP contribution in [0.4, 0.5) is 0 Å². The lowest BCUT2D eigenvalue weighted by molar-refractivity contribution is -0.134. The number of H-pyrrole nitrogens is 1. The van der Waals surface area contributed by atoms with E-state index in [4.69, 9.17) is 0 Å². The molecule has 25 heavy (non-hydrogen) atoms. The minimum Gasteiger partial charge on any atom is -0.356 e. The summed E-state index contributed by atoms with van der Waals surface area (Å²) in [4.78, 5) is 18.7. The van der Waals surface area contributed by atoms with Gasteiger partial charge in [-0.3, -0.25) is 4.79 Å². The Bertz CT molecular complexity index is 950. The van der Waals surface area contributed by atoms with Gasteiger partial charge in [0.2, 0.25) is 5.91 Å². The van der Waals surface area contributed by atoms with Crippen LogP contribution in [-0.2, 0) is 11.2 Å². The zero-order chi connectivity index (χ0) is 17.0. The summed E-state index contributed by atoms with van der Waals surface area (Å²) in [5.41, 5.74) is 6.19. The Balaban J connectivity index is 1.68. The topological polar surface area (TPSA) is 36.1 Å². The number of hydrogen-bond acceptors (Lipinski definition) is 1. The van der Waals surface area contributed by atoms with Crippen molar-refractivity contribution in [3.8, 4) is 0 Å². The van der Waals surface area contributed by atoms with Gasteiger partial charge in [0, 0.05) is 29.1 Å². The van der Waals surface area contributed by atoms with Crippen molar-refractivity contribution in [1.29, 1.82) is 0 Å². The molecule has 0 saturated heterocycles. The highest BCUT2D eigenvalue weighted by atomic mass is 16.2. The molecule has 1 aliphatic carbocycles. The molecular formula is C22H22N2O. The van der Waals surface area contributed by atoms with Crippen molar-refractivity contribution in [2.24, 2.45) is 5.92 Å². The number of benzene rings is 2. The Morgan fingerprint density at radius 1 is 1.08 bits per heavy atom. The number of carbonyl (C=O) groups excluding carboxylic acids is 1. The fourth-order valence-electron chi connectivity index (χ4n) is 4.14. The average Bonchev–Trinajstić information content (AvgIpc) is 3.42. The summed E-state index contributed by atoms with van der Waals surface area (Å²) in [6.45, 7) is 2.91. The maximum Gasteiger partial charge on any atom is 0.226 e. The molecule has 3 heteroatoms. The summed E-state index contributed by atoms with van der Waals surface area (Å²) in [5, 5.41) is 1.30. The largest absolute Gasteiger partial charge is 0.356 e. The first-order chi connectivity index (χ1) is 12.2. The molecule has 3 nitrogen and oxygen atoms in total. The fourth-order valence-corrected chi connectivity index (χ4v) is 4.14. The molecule has 1 N–H and O–H groups in total. The number of para-hydroxylation sites is 1. The number of nitrogens with zero attached hydrogens (tertiary/aromatic N) is 1. The lowest BCUT2D eigenvalue weighted by Gasteiger charge is -2.36. The number of amides is 1. The van der Waals surface area contributed by atoms with Crippen LogP contribution in [-0.4, -0.2) is 22.3 Å². The van der Waals surface area contributed by atoms with Gasteiger partial charge in [0.05, 0.1) is 6.04 Å². The van der Waals surface area contributed by atoms with Gasteiger partial charge < -0.3 is 9.88 Å². The van der Waals surface area contributed by atoms with Crippen molar-refractivity contribution in [2.45, 2.75) is 32.2 Å². The Kier molecular flexibility index (Phi) is 3.24. The molecule has 5 rings (SSSR count). The number of aromatic amines is 1. The molecule has 2 heterocycles. The van der Waals surface area contributed by atoms with Crippen LogP contribution >= 0.6 is 0 Å².